The molecule has 106 valence electrons. The van der Waals surface area contributed by atoms with Gasteiger partial charge in [0.1, 0.15) is 0 Å². The van der Waals surface area contributed by atoms with Gasteiger partial charge in [0.05, 0.1) is 0 Å². The van der Waals surface area contributed by atoms with E-state index in [1.165, 1.54) is 11.1 Å². The lowest BCUT2D eigenvalue weighted by atomic mass is 9.78. The van der Waals surface area contributed by atoms with Crippen molar-refractivity contribution in [1.29, 1.82) is 0 Å². The van der Waals surface area contributed by atoms with Gasteiger partial charge in [-0.15, -0.1) is 0 Å². The van der Waals surface area contributed by atoms with Crippen LogP contribution in [0.2, 0.25) is 0 Å². The Labute approximate surface area is 116 Å². The van der Waals surface area contributed by atoms with Crippen molar-refractivity contribution >= 4 is 0 Å². The molecule has 0 spiro atoms. The molecule has 1 atom stereocenters. The highest BCUT2D eigenvalue weighted by molar-refractivity contribution is 5.32. The normalized spacial score (nSPS) is 22.2. The third-order valence-corrected chi connectivity index (χ3v) is 4.25. The molecule has 0 saturated carbocycles. The smallest absolute Gasteiger partial charge is 0.0431 e. The predicted molar refractivity (Wildman–Crippen MR) is 79.2 cm³/mol. The molecule has 1 aliphatic carbocycles. The van der Waals surface area contributed by atoms with E-state index in [0.717, 1.165) is 45.1 Å². The van der Waals surface area contributed by atoms with Crippen LogP contribution in [0.3, 0.4) is 0 Å². The fraction of sp³-hybridized carbons (Fsp3) is 0.625. The Morgan fingerprint density at radius 3 is 2.68 bits per heavy atom. The molecule has 1 aliphatic rings. The molecule has 2 rings (SSSR count). The minimum Gasteiger partial charge on any atom is -0.396 e. The first kappa shape index (κ1) is 14.5. The predicted octanol–water partition coefficient (Wildman–Crippen LogP) is 1.62. The van der Waals surface area contributed by atoms with Crippen LogP contribution in [-0.4, -0.2) is 30.3 Å². The van der Waals surface area contributed by atoms with Crippen LogP contribution in [0.25, 0.3) is 0 Å². The minimum atomic E-state index is 0.0770. The quantitative estimate of drug-likeness (QED) is 0.655. The standard InChI is InChI=1S/C16H26N2O/c17-13-16(18-10-4-1-5-11-19)9-8-14-6-2-3-7-15(14)12-16/h2-3,6-7,18-19H,1,4-5,8-13,17H2. The Morgan fingerprint density at radius 2 is 1.95 bits per heavy atom. The first-order valence-electron chi connectivity index (χ1n) is 7.42. The lowest BCUT2D eigenvalue weighted by Crippen LogP contribution is -2.55. The van der Waals surface area contributed by atoms with Crippen molar-refractivity contribution in [1.82, 2.24) is 5.32 Å². The van der Waals surface area contributed by atoms with Crippen LogP contribution < -0.4 is 11.1 Å². The largest absolute Gasteiger partial charge is 0.396 e. The molecule has 0 aliphatic heterocycles. The van der Waals surface area contributed by atoms with E-state index in [2.05, 4.69) is 29.6 Å². The zero-order valence-corrected chi connectivity index (χ0v) is 11.7. The number of benzene rings is 1. The third-order valence-electron chi connectivity index (χ3n) is 4.25. The van der Waals surface area contributed by atoms with E-state index in [9.17, 15) is 0 Å². The number of nitrogens with two attached hydrogens (primary N) is 1. The van der Waals surface area contributed by atoms with E-state index in [1.807, 2.05) is 0 Å². The summed E-state index contributed by atoms with van der Waals surface area (Å²) in [5.41, 5.74) is 9.04. The first-order valence-corrected chi connectivity index (χ1v) is 7.42. The van der Waals surface area contributed by atoms with Gasteiger partial charge < -0.3 is 16.2 Å². The molecule has 0 amide bonds. The van der Waals surface area contributed by atoms with Crippen molar-refractivity contribution in [3.05, 3.63) is 35.4 Å². The summed E-state index contributed by atoms with van der Waals surface area (Å²) < 4.78 is 0. The van der Waals surface area contributed by atoms with Crippen LogP contribution in [0.15, 0.2) is 24.3 Å². The summed E-state index contributed by atoms with van der Waals surface area (Å²) in [6, 6.07) is 8.70. The molecular weight excluding hydrogens is 236 g/mol. The van der Waals surface area contributed by atoms with Gasteiger partial charge in [-0.25, -0.2) is 0 Å². The monoisotopic (exact) mass is 262 g/mol. The summed E-state index contributed by atoms with van der Waals surface area (Å²) in [5, 5.41) is 12.5. The second-order valence-electron chi connectivity index (χ2n) is 5.64. The van der Waals surface area contributed by atoms with E-state index in [1.54, 1.807) is 0 Å². The summed E-state index contributed by atoms with van der Waals surface area (Å²) in [6.07, 6.45) is 6.39. The number of aliphatic hydroxyl groups excluding tert-OH is 1. The van der Waals surface area contributed by atoms with Gasteiger partial charge in [0.2, 0.25) is 0 Å². The summed E-state index contributed by atoms with van der Waals surface area (Å²) >= 11 is 0. The van der Waals surface area contributed by atoms with Crippen molar-refractivity contribution in [3.8, 4) is 0 Å². The third kappa shape index (κ3) is 3.78. The summed E-state index contributed by atoms with van der Waals surface area (Å²) in [5.74, 6) is 0. The second kappa shape index (κ2) is 7.04. The lowest BCUT2D eigenvalue weighted by molar-refractivity contribution is 0.272. The van der Waals surface area contributed by atoms with Gasteiger partial charge in [-0.2, -0.15) is 0 Å². The molecule has 3 heteroatoms. The molecule has 3 nitrogen and oxygen atoms in total. The average molecular weight is 262 g/mol. The van der Waals surface area contributed by atoms with E-state index in [4.69, 9.17) is 10.8 Å². The fourth-order valence-electron chi connectivity index (χ4n) is 2.97. The number of nitrogens with one attached hydrogen (secondary N) is 1. The molecule has 1 aromatic carbocycles. The molecule has 0 bridgehead atoms. The van der Waals surface area contributed by atoms with Crippen molar-refractivity contribution in [2.75, 3.05) is 19.7 Å². The maximum absolute atomic E-state index is 8.78. The molecule has 19 heavy (non-hydrogen) atoms. The Balaban J connectivity index is 1.90. The molecule has 0 heterocycles. The number of rotatable bonds is 7. The Bertz CT molecular complexity index is 394. The Hall–Kier alpha value is -0.900. The fourth-order valence-corrected chi connectivity index (χ4v) is 2.97. The molecule has 0 radical (unpaired) electrons. The molecule has 4 N–H and O–H groups in total. The number of hydrogen-bond donors (Lipinski definition) is 3. The van der Waals surface area contributed by atoms with Gasteiger partial charge in [0.25, 0.3) is 0 Å². The van der Waals surface area contributed by atoms with E-state index >= 15 is 0 Å². The Kier molecular flexibility index (Phi) is 5.37. The maximum atomic E-state index is 8.78. The van der Waals surface area contributed by atoms with E-state index < -0.39 is 0 Å². The molecule has 0 fully saturated rings. The van der Waals surface area contributed by atoms with Crippen LogP contribution in [0.5, 0.6) is 0 Å². The minimum absolute atomic E-state index is 0.0770. The maximum Gasteiger partial charge on any atom is 0.0431 e. The number of aliphatic hydroxyl groups is 1. The number of fused-ring (bicyclic) bond motifs is 1. The van der Waals surface area contributed by atoms with Crippen molar-refractivity contribution < 1.29 is 5.11 Å². The topological polar surface area (TPSA) is 58.3 Å². The molecule has 0 saturated heterocycles. The van der Waals surface area contributed by atoms with Gasteiger partial charge >= 0.3 is 0 Å². The SMILES string of the molecule is NCC1(NCCCCCO)CCc2ccccc2C1. The Morgan fingerprint density at radius 1 is 1.16 bits per heavy atom. The van der Waals surface area contributed by atoms with Gasteiger partial charge in [-0.05, 0) is 56.2 Å². The van der Waals surface area contributed by atoms with Crippen molar-refractivity contribution in [2.24, 2.45) is 5.73 Å². The van der Waals surface area contributed by atoms with Crippen LogP contribution >= 0.6 is 0 Å². The molecule has 0 aromatic heterocycles. The summed E-state index contributed by atoms with van der Waals surface area (Å²) in [6.45, 7) is 2.00. The van der Waals surface area contributed by atoms with Crippen molar-refractivity contribution in [2.45, 2.75) is 44.1 Å². The molecule has 1 aromatic rings. The zero-order chi connectivity index (χ0) is 13.6. The van der Waals surface area contributed by atoms with Crippen molar-refractivity contribution in [3.63, 3.8) is 0 Å². The lowest BCUT2D eigenvalue weighted by Gasteiger charge is -2.38. The number of aryl methyl sites for hydroxylation is 1. The average Bonchev–Trinajstić information content (AvgIpc) is 2.47. The van der Waals surface area contributed by atoms with E-state index in [0.29, 0.717) is 13.2 Å². The second-order valence-corrected chi connectivity index (χ2v) is 5.64. The summed E-state index contributed by atoms with van der Waals surface area (Å²) in [4.78, 5) is 0. The number of unbranched alkanes of at least 4 members (excludes halogenated alkanes) is 2. The first-order chi connectivity index (χ1) is 9.29. The summed E-state index contributed by atoms with van der Waals surface area (Å²) in [7, 11) is 0. The van der Waals surface area contributed by atoms with Crippen LogP contribution in [0.1, 0.15) is 36.8 Å². The van der Waals surface area contributed by atoms with Gasteiger partial charge in [-0.1, -0.05) is 24.3 Å². The molecule has 1 unspecified atom stereocenters. The zero-order valence-electron chi connectivity index (χ0n) is 11.7. The van der Waals surface area contributed by atoms with Gasteiger partial charge in [-0.3, -0.25) is 0 Å². The highest BCUT2D eigenvalue weighted by atomic mass is 16.2. The van der Waals surface area contributed by atoms with E-state index in [-0.39, 0.29) is 5.54 Å². The molecular formula is C16H26N2O. The highest BCUT2D eigenvalue weighted by Gasteiger charge is 2.32. The van der Waals surface area contributed by atoms with Gasteiger partial charge in [0, 0.05) is 18.7 Å². The number of hydrogen-bond acceptors (Lipinski definition) is 3. The van der Waals surface area contributed by atoms with Crippen LogP contribution in [0, 0.1) is 0 Å². The van der Waals surface area contributed by atoms with Gasteiger partial charge in [0.15, 0.2) is 0 Å². The van der Waals surface area contributed by atoms with Crippen LogP contribution in [-0.2, 0) is 12.8 Å². The highest BCUT2D eigenvalue weighted by Crippen LogP contribution is 2.28. The van der Waals surface area contributed by atoms with Crippen LogP contribution in [0.4, 0.5) is 0 Å².